The zero-order chi connectivity index (χ0) is 12.4. The van der Waals surface area contributed by atoms with E-state index >= 15 is 0 Å². The molecule has 0 atom stereocenters. The molecule has 3 heteroatoms. The minimum absolute atomic E-state index is 0.532. The van der Waals surface area contributed by atoms with Crippen LogP contribution in [-0.4, -0.2) is 40.5 Å². The zero-order valence-corrected chi connectivity index (χ0v) is 11.6. The Kier molecular flexibility index (Phi) is 7.82. The first kappa shape index (κ1) is 14.9. The van der Waals surface area contributed by atoms with E-state index in [0.717, 1.165) is 26.3 Å². The maximum atomic E-state index is 5.18. The van der Waals surface area contributed by atoms with Gasteiger partial charge in [-0.3, -0.25) is 0 Å². The van der Waals surface area contributed by atoms with Gasteiger partial charge in [0.25, 0.3) is 0 Å². The molecule has 102 valence electrons. The van der Waals surface area contributed by atoms with E-state index in [1.807, 2.05) is 0 Å². The average Bonchev–Trinajstić information content (AvgIpc) is 2.36. The van der Waals surface area contributed by atoms with Crippen LogP contribution in [0.15, 0.2) is 0 Å². The van der Waals surface area contributed by atoms with Crippen LogP contribution in [0.25, 0.3) is 0 Å². The second-order valence-electron chi connectivity index (χ2n) is 5.33. The van der Waals surface area contributed by atoms with E-state index in [0.29, 0.717) is 5.41 Å². The molecule has 1 aliphatic carbocycles. The van der Waals surface area contributed by atoms with Crippen molar-refractivity contribution in [1.82, 2.24) is 5.32 Å². The fourth-order valence-electron chi connectivity index (χ4n) is 2.94. The Morgan fingerprint density at radius 1 is 1.00 bits per heavy atom. The summed E-state index contributed by atoms with van der Waals surface area (Å²) in [7, 11) is 3.56. The van der Waals surface area contributed by atoms with Crippen LogP contribution in [0.3, 0.4) is 0 Å². The third kappa shape index (κ3) is 5.84. The summed E-state index contributed by atoms with van der Waals surface area (Å²) in [5.41, 5.74) is 0.532. The molecule has 1 aliphatic rings. The first-order valence-electron chi connectivity index (χ1n) is 7.02. The molecule has 0 bridgehead atoms. The molecule has 0 radical (unpaired) electrons. The lowest BCUT2D eigenvalue weighted by Crippen LogP contribution is -2.37. The Bertz CT molecular complexity index is 179. The van der Waals surface area contributed by atoms with Crippen LogP contribution >= 0.6 is 0 Å². The van der Waals surface area contributed by atoms with E-state index < -0.39 is 0 Å². The van der Waals surface area contributed by atoms with E-state index in [9.17, 15) is 0 Å². The van der Waals surface area contributed by atoms with E-state index in [-0.39, 0.29) is 0 Å². The topological polar surface area (TPSA) is 30.5 Å². The van der Waals surface area contributed by atoms with Crippen molar-refractivity contribution in [3.8, 4) is 0 Å². The number of hydrogen-bond acceptors (Lipinski definition) is 3. The van der Waals surface area contributed by atoms with Gasteiger partial charge in [0, 0.05) is 33.9 Å². The van der Waals surface area contributed by atoms with Crippen molar-refractivity contribution in [3.63, 3.8) is 0 Å². The lowest BCUT2D eigenvalue weighted by atomic mass is 9.71. The second kappa shape index (κ2) is 8.90. The summed E-state index contributed by atoms with van der Waals surface area (Å²) in [6.45, 7) is 3.84. The molecule has 0 amide bonds. The molecule has 0 saturated heterocycles. The summed E-state index contributed by atoms with van der Waals surface area (Å²) < 4.78 is 10.3. The molecule has 1 N–H and O–H groups in total. The van der Waals surface area contributed by atoms with Gasteiger partial charge in [-0.15, -0.1) is 0 Å². The van der Waals surface area contributed by atoms with E-state index in [1.54, 1.807) is 14.2 Å². The summed E-state index contributed by atoms with van der Waals surface area (Å²) in [6, 6.07) is 0. The van der Waals surface area contributed by atoms with Crippen molar-refractivity contribution >= 4 is 0 Å². The van der Waals surface area contributed by atoms with Crippen molar-refractivity contribution in [1.29, 1.82) is 0 Å². The van der Waals surface area contributed by atoms with Crippen LogP contribution < -0.4 is 5.32 Å². The predicted molar refractivity (Wildman–Crippen MR) is 71.4 cm³/mol. The van der Waals surface area contributed by atoms with E-state index in [1.165, 1.54) is 44.9 Å². The Labute approximate surface area is 106 Å². The molecule has 1 rings (SSSR count). The monoisotopic (exact) mass is 243 g/mol. The number of nitrogens with one attached hydrogen (secondary N) is 1. The number of methoxy groups -OCH3 is 2. The summed E-state index contributed by atoms with van der Waals surface area (Å²) in [5, 5.41) is 3.56. The molecule has 0 unspecified atom stereocenters. The highest BCUT2D eigenvalue weighted by Crippen LogP contribution is 2.39. The standard InChI is InChI=1S/C14H29NO2/c1-16-11-6-9-14(7-4-3-5-8-14)13-15-10-12-17-2/h15H,3-13H2,1-2H3. The van der Waals surface area contributed by atoms with Gasteiger partial charge in [-0.2, -0.15) is 0 Å². The fraction of sp³-hybridized carbons (Fsp3) is 1.00. The fourth-order valence-corrected chi connectivity index (χ4v) is 2.94. The highest BCUT2D eigenvalue weighted by atomic mass is 16.5. The van der Waals surface area contributed by atoms with Gasteiger partial charge < -0.3 is 14.8 Å². The van der Waals surface area contributed by atoms with Gasteiger partial charge in [0.1, 0.15) is 0 Å². The van der Waals surface area contributed by atoms with Crippen molar-refractivity contribution in [2.45, 2.75) is 44.9 Å². The normalized spacial score (nSPS) is 19.4. The van der Waals surface area contributed by atoms with Crippen LogP contribution in [0.2, 0.25) is 0 Å². The van der Waals surface area contributed by atoms with Gasteiger partial charge in [-0.1, -0.05) is 19.3 Å². The predicted octanol–water partition coefficient (Wildman–Crippen LogP) is 2.60. The maximum absolute atomic E-state index is 5.18. The number of hydrogen-bond donors (Lipinski definition) is 1. The molecule has 1 fully saturated rings. The zero-order valence-electron chi connectivity index (χ0n) is 11.6. The SMILES string of the molecule is COCCCC1(CNCCOC)CCCCC1. The van der Waals surface area contributed by atoms with Crippen LogP contribution in [0.4, 0.5) is 0 Å². The second-order valence-corrected chi connectivity index (χ2v) is 5.33. The minimum Gasteiger partial charge on any atom is -0.385 e. The molecule has 0 aromatic heterocycles. The molecular formula is C14H29NO2. The smallest absolute Gasteiger partial charge is 0.0587 e. The first-order valence-corrected chi connectivity index (χ1v) is 7.02. The quantitative estimate of drug-likeness (QED) is 0.631. The summed E-state index contributed by atoms with van der Waals surface area (Å²) in [6.07, 6.45) is 9.50. The molecule has 0 aromatic carbocycles. The molecule has 1 saturated carbocycles. The molecule has 3 nitrogen and oxygen atoms in total. The van der Waals surface area contributed by atoms with E-state index in [2.05, 4.69) is 5.32 Å². The average molecular weight is 243 g/mol. The van der Waals surface area contributed by atoms with Crippen LogP contribution in [-0.2, 0) is 9.47 Å². The summed E-state index contributed by atoms with van der Waals surface area (Å²) in [5.74, 6) is 0. The molecule has 0 aliphatic heterocycles. The number of rotatable bonds is 9. The third-order valence-corrected chi connectivity index (χ3v) is 3.95. The van der Waals surface area contributed by atoms with Gasteiger partial charge in [0.05, 0.1) is 6.61 Å². The molecule has 0 heterocycles. The number of ether oxygens (including phenoxy) is 2. The van der Waals surface area contributed by atoms with Gasteiger partial charge in [0.2, 0.25) is 0 Å². The van der Waals surface area contributed by atoms with Crippen LogP contribution in [0, 0.1) is 5.41 Å². The Hall–Kier alpha value is -0.120. The van der Waals surface area contributed by atoms with Crippen molar-refractivity contribution in [2.75, 3.05) is 40.5 Å². The van der Waals surface area contributed by atoms with Crippen LogP contribution in [0.5, 0.6) is 0 Å². The first-order chi connectivity index (χ1) is 8.33. The van der Waals surface area contributed by atoms with Gasteiger partial charge >= 0.3 is 0 Å². The highest BCUT2D eigenvalue weighted by Gasteiger charge is 2.30. The minimum atomic E-state index is 0.532. The summed E-state index contributed by atoms with van der Waals surface area (Å²) >= 11 is 0. The Morgan fingerprint density at radius 2 is 1.71 bits per heavy atom. The summed E-state index contributed by atoms with van der Waals surface area (Å²) in [4.78, 5) is 0. The highest BCUT2D eigenvalue weighted by molar-refractivity contribution is 4.84. The molecule has 0 spiro atoms. The van der Waals surface area contributed by atoms with E-state index in [4.69, 9.17) is 9.47 Å². The van der Waals surface area contributed by atoms with Gasteiger partial charge in [-0.05, 0) is 31.1 Å². The molecular weight excluding hydrogens is 214 g/mol. The van der Waals surface area contributed by atoms with Crippen molar-refractivity contribution in [3.05, 3.63) is 0 Å². The molecule has 0 aromatic rings. The molecule has 17 heavy (non-hydrogen) atoms. The maximum Gasteiger partial charge on any atom is 0.0587 e. The Balaban J connectivity index is 2.29. The Morgan fingerprint density at radius 3 is 2.35 bits per heavy atom. The van der Waals surface area contributed by atoms with Crippen LogP contribution in [0.1, 0.15) is 44.9 Å². The van der Waals surface area contributed by atoms with Crippen molar-refractivity contribution in [2.24, 2.45) is 5.41 Å². The van der Waals surface area contributed by atoms with Gasteiger partial charge in [-0.25, -0.2) is 0 Å². The third-order valence-electron chi connectivity index (χ3n) is 3.95. The largest absolute Gasteiger partial charge is 0.385 e. The van der Waals surface area contributed by atoms with Gasteiger partial charge in [0.15, 0.2) is 0 Å². The lowest BCUT2D eigenvalue weighted by Gasteiger charge is -2.38. The van der Waals surface area contributed by atoms with Crippen molar-refractivity contribution < 1.29 is 9.47 Å². The lowest BCUT2D eigenvalue weighted by molar-refractivity contribution is 0.126.